The van der Waals surface area contributed by atoms with Crippen molar-refractivity contribution < 1.29 is 32.3 Å². The Kier molecular flexibility index (Phi) is 7.97. The highest BCUT2D eigenvalue weighted by atomic mass is 19.4. The topological polar surface area (TPSA) is 84.5 Å². The van der Waals surface area contributed by atoms with Gasteiger partial charge >= 0.3 is 12.1 Å². The first-order valence-electron chi connectivity index (χ1n) is 9.19. The zero-order chi connectivity index (χ0) is 22.1. The Hall–Kier alpha value is -3.36. The van der Waals surface area contributed by atoms with Crippen LogP contribution in [0.4, 0.5) is 24.5 Å². The molecule has 0 fully saturated rings. The quantitative estimate of drug-likeness (QED) is 0.626. The predicted molar refractivity (Wildman–Crippen MR) is 105 cm³/mol. The van der Waals surface area contributed by atoms with Gasteiger partial charge in [-0.2, -0.15) is 13.2 Å². The molecule has 0 saturated heterocycles. The van der Waals surface area contributed by atoms with Crippen molar-refractivity contribution in [2.24, 2.45) is 0 Å². The lowest BCUT2D eigenvalue weighted by Gasteiger charge is -2.10. The smallest absolute Gasteiger partial charge is 0.416 e. The molecule has 0 aliphatic carbocycles. The van der Waals surface area contributed by atoms with Crippen molar-refractivity contribution in [3.63, 3.8) is 0 Å². The maximum atomic E-state index is 12.7. The average molecular weight is 422 g/mol. The fourth-order valence-corrected chi connectivity index (χ4v) is 2.45. The summed E-state index contributed by atoms with van der Waals surface area (Å²) in [6, 6.07) is 11.4. The number of carbonyl (C=O) groups is 3. The van der Waals surface area contributed by atoms with Gasteiger partial charge in [0.05, 0.1) is 12.0 Å². The van der Waals surface area contributed by atoms with Gasteiger partial charge in [0.1, 0.15) is 0 Å². The first-order valence-corrected chi connectivity index (χ1v) is 9.19. The normalized spacial score (nSPS) is 10.9. The molecule has 0 aliphatic rings. The van der Waals surface area contributed by atoms with E-state index in [9.17, 15) is 27.6 Å². The lowest BCUT2D eigenvalue weighted by molar-refractivity contribution is -0.147. The monoisotopic (exact) mass is 422 g/mol. The Balaban J connectivity index is 1.72. The third-order valence-corrected chi connectivity index (χ3v) is 4.04. The Morgan fingerprint density at radius 3 is 2.20 bits per heavy atom. The van der Waals surface area contributed by atoms with Gasteiger partial charge in [0.2, 0.25) is 5.91 Å². The number of amides is 2. The third kappa shape index (κ3) is 7.57. The van der Waals surface area contributed by atoms with Crippen molar-refractivity contribution in [3.05, 3.63) is 59.7 Å². The zero-order valence-electron chi connectivity index (χ0n) is 16.2. The highest BCUT2D eigenvalue weighted by molar-refractivity contribution is 5.94. The molecule has 2 N–H and O–H groups in total. The summed E-state index contributed by atoms with van der Waals surface area (Å²) in [7, 11) is 0. The van der Waals surface area contributed by atoms with Gasteiger partial charge < -0.3 is 15.4 Å². The molecule has 0 aromatic heterocycles. The van der Waals surface area contributed by atoms with Gasteiger partial charge in [-0.1, -0.05) is 25.1 Å². The summed E-state index contributed by atoms with van der Waals surface area (Å²) in [5, 5.41) is 4.87. The molecule has 0 spiro atoms. The van der Waals surface area contributed by atoms with E-state index >= 15 is 0 Å². The molecular weight excluding hydrogens is 401 g/mol. The van der Waals surface area contributed by atoms with E-state index in [1.54, 1.807) is 12.1 Å². The number of ether oxygens (including phenoxy) is 1. The van der Waals surface area contributed by atoms with Gasteiger partial charge in [0.25, 0.3) is 5.91 Å². The summed E-state index contributed by atoms with van der Waals surface area (Å²) in [6.07, 6.45) is -4.27. The average Bonchev–Trinajstić information content (AvgIpc) is 2.71. The molecule has 2 aromatic rings. The Morgan fingerprint density at radius 1 is 0.900 bits per heavy atom. The van der Waals surface area contributed by atoms with Crippen LogP contribution in [-0.4, -0.2) is 24.4 Å². The lowest BCUT2D eigenvalue weighted by Crippen LogP contribution is -2.21. The maximum absolute atomic E-state index is 12.7. The number of esters is 1. The van der Waals surface area contributed by atoms with Crippen molar-refractivity contribution in [2.75, 3.05) is 17.2 Å². The van der Waals surface area contributed by atoms with Crippen LogP contribution >= 0.6 is 0 Å². The van der Waals surface area contributed by atoms with E-state index in [2.05, 4.69) is 10.6 Å². The molecule has 9 heteroatoms. The second-order valence-electron chi connectivity index (χ2n) is 6.39. The minimum absolute atomic E-state index is 0.0309. The molecule has 0 aliphatic heterocycles. The minimum atomic E-state index is -4.52. The van der Waals surface area contributed by atoms with E-state index in [0.717, 1.165) is 24.1 Å². The number of halogens is 3. The molecule has 0 bridgehead atoms. The van der Waals surface area contributed by atoms with Crippen LogP contribution in [0.25, 0.3) is 0 Å². The van der Waals surface area contributed by atoms with Gasteiger partial charge in [-0.3, -0.25) is 14.4 Å². The van der Waals surface area contributed by atoms with Crippen LogP contribution in [0.5, 0.6) is 0 Å². The largest absolute Gasteiger partial charge is 0.456 e. The van der Waals surface area contributed by atoms with Crippen LogP contribution in [-0.2, 0) is 31.7 Å². The minimum Gasteiger partial charge on any atom is -0.456 e. The van der Waals surface area contributed by atoms with Crippen LogP contribution in [0, 0.1) is 0 Å². The third-order valence-electron chi connectivity index (χ3n) is 4.04. The van der Waals surface area contributed by atoms with Crippen molar-refractivity contribution in [2.45, 2.75) is 32.4 Å². The van der Waals surface area contributed by atoms with Crippen molar-refractivity contribution in [3.8, 4) is 0 Å². The Morgan fingerprint density at radius 2 is 1.57 bits per heavy atom. The molecule has 2 rings (SSSR count). The number of alkyl halides is 3. The second kappa shape index (κ2) is 10.4. The van der Waals surface area contributed by atoms with Gasteiger partial charge in [-0.15, -0.1) is 0 Å². The highest BCUT2D eigenvalue weighted by Gasteiger charge is 2.30. The molecule has 30 heavy (non-hydrogen) atoms. The van der Waals surface area contributed by atoms with Crippen molar-refractivity contribution in [1.82, 2.24) is 0 Å². The van der Waals surface area contributed by atoms with Gasteiger partial charge in [-0.05, 0) is 42.3 Å². The standard InChI is InChI=1S/C21H21F3N2O4/c1-2-14-6-8-16(9-7-14)25-19(28)13-30-20(29)11-10-18(27)26-17-5-3-4-15(12-17)21(22,23)24/h3-9,12H,2,10-11,13H2,1H3,(H,25,28)(H,26,27). The van der Waals surface area contributed by atoms with E-state index in [1.807, 2.05) is 19.1 Å². The molecule has 0 radical (unpaired) electrons. The molecule has 160 valence electrons. The summed E-state index contributed by atoms with van der Waals surface area (Å²) in [5.41, 5.74) is 0.753. The zero-order valence-corrected chi connectivity index (χ0v) is 16.2. The fourth-order valence-electron chi connectivity index (χ4n) is 2.45. The number of rotatable bonds is 8. The summed E-state index contributed by atoms with van der Waals surface area (Å²) in [4.78, 5) is 35.3. The maximum Gasteiger partial charge on any atom is 0.416 e. The lowest BCUT2D eigenvalue weighted by atomic mass is 10.1. The number of aryl methyl sites for hydroxylation is 1. The van der Waals surface area contributed by atoms with E-state index in [-0.39, 0.29) is 18.5 Å². The molecule has 0 atom stereocenters. The van der Waals surface area contributed by atoms with Crippen molar-refractivity contribution >= 4 is 29.2 Å². The summed E-state index contributed by atoms with van der Waals surface area (Å²) in [6.45, 7) is 1.50. The molecular formula is C21H21F3N2O4. The van der Waals surface area contributed by atoms with Gasteiger partial charge in [-0.25, -0.2) is 0 Å². The van der Waals surface area contributed by atoms with Crippen LogP contribution in [0.15, 0.2) is 48.5 Å². The molecule has 0 saturated carbocycles. The highest BCUT2D eigenvalue weighted by Crippen LogP contribution is 2.30. The summed E-state index contributed by atoms with van der Waals surface area (Å²) >= 11 is 0. The fraction of sp³-hybridized carbons (Fsp3) is 0.286. The van der Waals surface area contributed by atoms with E-state index in [4.69, 9.17) is 4.74 Å². The first-order chi connectivity index (χ1) is 14.2. The van der Waals surface area contributed by atoms with Crippen LogP contribution in [0.1, 0.15) is 30.9 Å². The Bertz CT molecular complexity index is 896. The number of anilines is 2. The molecule has 2 amide bonds. The van der Waals surface area contributed by atoms with Crippen LogP contribution in [0.2, 0.25) is 0 Å². The number of hydrogen-bond acceptors (Lipinski definition) is 4. The van der Waals surface area contributed by atoms with E-state index in [0.29, 0.717) is 5.69 Å². The molecule has 0 unspecified atom stereocenters. The number of benzene rings is 2. The number of carbonyl (C=O) groups excluding carboxylic acids is 3. The number of hydrogen-bond donors (Lipinski definition) is 2. The molecule has 2 aromatic carbocycles. The van der Waals surface area contributed by atoms with E-state index < -0.39 is 36.1 Å². The van der Waals surface area contributed by atoms with Gasteiger partial charge in [0.15, 0.2) is 6.61 Å². The molecule has 6 nitrogen and oxygen atoms in total. The number of nitrogens with one attached hydrogen (secondary N) is 2. The first kappa shape index (κ1) is 22.9. The van der Waals surface area contributed by atoms with Crippen LogP contribution < -0.4 is 10.6 Å². The summed E-state index contributed by atoms with van der Waals surface area (Å²) in [5.74, 6) is -1.95. The summed E-state index contributed by atoms with van der Waals surface area (Å²) < 4.78 is 42.8. The SMILES string of the molecule is CCc1ccc(NC(=O)COC(=O)CCC(=O)Nc2cccc(C(F)(F)F)c2)cc1. The van der Waals surface area contributed by atoms with Gasteiger partial charge in [0, 0.05) is 17.8 Å². The second-order valence-corrected chi connectivity index (χ2v) is 6.39. The van der Waals surface area contributed by atoms with Crippen LogP contribution in [0.3, 0.4) is 0 Å². The van der Waals surface area contributed by atoms with E-state index in [1.165, 1.54) is 12.1 Å². The van der Waals surface area contributed by atoms with Crippen molar-refractivity contribution in [1.29, 1.82) is 0 Å². The molecule has 0 heterocycles. The predicted octanol–water partition coefficient (Wildman–Crippen LogP) is 4.17. The Labute approximate surface area is 171 Å².